The number of rotatable bonds is 4. The Morgan fingerprint density at radius 2 is 1.69 bits per heavy atom. The van der Waals surface area contributed by atoms with E-state index in [1.54, 1.807) is 0 Å². The van der Waals surface area contributed by atoms with Gasteiger partial charge < -0.3 is 12.9 Å². The minimum absolute atomic E-state index is 0.0323. The van der Waals surface area contributed by atoms with Gasteiger partial charge >= 0.3 is 6.98 Å². The molecule has 0 unspecified atom stereocenters. The minimum atomic E-state index is -4.88. The van der Waals surface area contributed by atoms with Crippen LogP contribution in [0, 0.1) is 0 Å². The normalized spacial score (nSPS) is 20.4. The van der Waals surface area contributed by atoms with Crippen molar-refractivity contribution in [3.8, 4) is 0 Å². The van der Waals surface area contributed by atoms with Gasteiger partial charge in [0, 0.05) is 32.2 Å². The van der Waals surface area contributed by atoms with E-state index in [0.29, 0.717) is 19.1 Å². The van der Waals surface area contributed by atoms with Crippen LogP contribution in [0.5, 0.6) is 0 Å². The molecule has 0 spiro atoms. The monoisotopic (exact) mass is 235 g/mol. The van der Waals surface area contributed by atoms with Crippen LogP contribution in [0.1, 0.15) is 13.8 Å². The first-order valence-electron chi connectivity index (χ1n) is 5.64. The summed E-state index contributed by atoms with van der Waals surface area (Å²) in [5.74, 6) is 0. The van der Waals surface area contributed by atoms with Crippen LogP contribution < -0.4 is 0 Å². The van der Waals surface area contributed by atoms with Crippen LogP contribution in [0.25, 0.3) is 0 Å². The Morgan fingerprint density at radius 1 is 1.19 bits per heavy atom. The average molecular weight is 235 g/mol. The van der Waals surface area contributed by atoms with E-state index >= 15 is 0 Å². The molecule has 1 rings (SSSR count). The maximum Gasteiger partial charge on any atom is 0.506 e. The first-order chi connectivity index (χ1) is 7.30. The van der Waals surface area contributed by atoms with E-state index in [-0.39, 0.29) is 6.54 Å². The molecule has 1 saturated heterocycles. The highest BCUT2D eigenvalue weighted by molar-refractivity contribution is 6.66. The Balaban J connectivity index is 2.35. The van der Waals surface area contributed by atoms with E-state index in [2.05, 4.69) is 25.3 Å². The Bertz CT molecular complexity index is 245. The molecule has 1 heterocycles. The Labute approximate surface area is 95.2 Å². The molecule has 0 amide bonds. The van der Waals surface area contributed by atoms with Gasteiger partial charge in [0.2, 0.25) is 0 Å². The fraction of sp³-hybridized carbons (Fsp3) is 0.800. The largest absolute Gasteiger partial charge is 0.506 e. The van der Waals surface area contributed by atoms with Crippen molar-refractivity contribution in [1.82, 2.24) is 9.80 Å². The molecule has 1 aliphatic rings. The third kappa shape index (κ3) is 3.83. The lowest BCUT2D eigenvalue weighted by atomic mass is 9.80. The predicted molar refractivity (Wildman–Crippen MR) is 61.4 cm³/mol. The van der Waals surface area contributed by atoms with Gasteiger partial charge in [-0.1, -0.05) is 0 Å². The number of nitrogens with zero attached hydrogens (tertiary/aromatic N) is 2. The molecular formula is C10H19BF3N2-. The maximum absolute atomic E-state index is 12.3. The topological polar surface area (TPSA) is 6.48 Å². The molecule has 0 aromatic rings. The van der Waals surface area contributed by atoms with Crippen molar-refractivity contribution >= 4 is 6.98 Å². The molecule has 0 N–H and O–H groups in total. The van der Waals surface area contributed by atoms with E-state index in [0.717, 1.165) is 13.1 Å². The second kappa shape index (κ2) is 5.23. The van der Waals surface area contributed by atoms with Crippen molar-refractivity contribution in [2.75, 3.05) is 32.7 Å². The summed E-state index contributed by atoms with van der Waals surface area (Å²) < 4.78 is 37.0. The SMILES string of the molecule is C=C(CN1CCN(C(C)C)CC1)[B-](F)(F)F. The lowest BCUT2D eigenvalue weighted by molar-refractivity contribution is 0.115. The molecule has 0 radical (unpaired) electrons. The Kier molecular flexibility index (Phi) is 4.44. The summed E-state index contributed by atoms with van der Waals surface area (Å²) in [5.41, 5.74) is -0.585. The summed E-state index contributed by atoms with van der Waals surface area (Å²) in [6.07, 6.45) is 0. The van der Waals surface area contributed by atoms with E-state index in [9.17, 15) is 12.9 Å². The molecule has 0 bridgehead atoms. The van der Waals surface area contributed by atoms with Crippen molar-refractivity contribution < 1.29 is 12.9 Å². The van der Waals surface area contributed by atoms with Crippen LogP contribution in [0.3, 0.4) is 0 Å². The van der Waals surface area contributed by atoms with Gasteiger partial charge in [-0.3, -0.25) is 9.80 Å². The molecule has 0 aliphatic carbocycles. The van der Waals surface area contributed by atoms with Crippen LogP contribution in [0.4, 0.5) is 12.9 Å². The van der Waals surface area contributed by atoms with Crippen molar-refractivity contribution in [2.45, 2.75) is 19.9 Å². The zero-order chi connectivity index (χ0) is 12.3. The van der Waals surface area contributed by atoms with Crippen LogP contribution in [0.15, 0.2) is 12.1 Å². The summed E-state index contributed by atoms with van der Waals surface area (Å²) in [7, 11) is 0. The fourth-order valence-electron chi connectivity index (χ4n) is 1.83. The smallest absolute Gasteiger partial charge is 0.445 e. The second-order valence-corrected chi connectivity index (χ2v) is 4.64. The van der Waals surface area contributed by atoms with Gasteiger partial charge in [0.1, 0.15) is 0 Å². The first-order valence-corrected chi connectivity index (χ1v) is 5.64. The van der Waals surface area contributed by atoms with Gasteiger partial charge in [-0.25, -0.2) is 0 Å². The predicted octanol–water partition coefficient (Wildman–Crippen LogP) is 1.96. The first kappa shape index (κ1) is 13.6. The molecule has 0 atom stereocenters. The second-order valence-electron chi connectivity index (χ2n) is 4.64. The van der Waals surface area contributed by atoms with Gasteiger partial charge in [0.25, 0.3) is 0 Å². The summed E-state index contributed by atoms with van der Waals surface area (Å²) in [6.45, 7) is 5.51. The van der Waals surface area contributed by atoms with E-state index in [4.69, 9.17) is 0 Å². The van der Waals surface area contributed by atoms with Gasteiger partial charge in [0.15, 0.2) is 0 Å². The standard InChI is InChI=1S/C10H19BF3N2/c1-9(2)16-6-4-15(5-7-16)8-10(3)11(12,13)14/h9H,3-8H2,1-2H3/q-1. The van der Waals surface area contributed by atoms with Gasteiger partial charge in [-0.2, -0.15) is 0 Å². The van der Waals surface area contributed by atoms with Crippen molar-refractivity contribution in [3.05, 3.63) is 12.1 Å². The summed E-state index contributed by atoms with van der Waals surface area (Å²) in [6, 6.07) is 0.470. The van der Waals surface area contributed by atoms with Gasteiger partial charge in [-0.05, 0) is 20.4 Å². The molecule has 0 saturated carbocycles. The molecule has 6 heteroatoms. The third-order valence-electron chi connectivity index (χ3n) is 3.03. The van der Waals surface area contributed by atoms with Gasteiger partial charge in [-0.15, -0.1) is 12.1 Å². The molecule has 2 nitrogen and oxygen atoms in total. The van der Waals surface area contributed by atoms with Crippen LogP contribution in [-0.4, -0.2) is 55.5 Å². The van der Waals surface area contributed by atoms with E-state index in [1.807, 2.05) is 4.90 Å². The number of hydrogen-bond donors (Lipinski definition) is 0. The van der Waals surface area contributed by atoms with Crippen LogP contribution in [-0.2, 0) is 0 Å². The summed E-state index contributed by atoms with van der Waals surface area (Å²) in [5, 5.41) is 0. The summed E-state index contributed by atoms with van der Waals surface area (Å²) >= 11 is 0. The molecule has 16 heavy (non-hydrogen) atoms. The molecule has 0 aromatic heterocycles. The number of piperazine rings is 1. The maximum atomic E-state index is 12.3. The molecule has 0 aromatic carbocycles. The number of halogens is 3. The molecular weight excluding hydrogens is 216 g/mol. The highest BCUT2D eigenvalue weighted by Crippen LogP contribution is 2.19. The van der Waals surface area contributed by atoms with E-state index in [1.165, 1.54) is 0 Å². The molecule has 94 valence electrons. The highest BCUT2D eigenvalue weighted by atomic mass is 19.4. The van der Waals surface area contributed by atoms with Crippen molar-refractivity contribution in [2.24, 2.45) is 0 Å². The van der Waals surface area contributed by atoms with Crippen LogP contribution >= 0.6 is 0 Å². The fourth-order valence-corrected chi connectivity index (χ4v) is 1.83. The zero-order valence-electron chi connectivity index (χ0n) is 9.93. The average Bonchev–Trinajstić information content (AvgIpc) is 2.17. The van der Waals surface area contributed by atoms with Crippen molar-refractivity contribution in [3.63, 3.8) is 0 Å². The quantitative estimate of drug-likeness (QED) is 0.687. The molecule has 1 aliphatic heterocycles. The third-order valence-corrected chi connectivity index (χ3v) is 3.03. The van der Waals surface area contributed by atoms with E-state index < -0.39 is 12.4 Å². The minimum Gasteiger partial charge on any atom is -0.445 e. The Hall–Kier alpha value is -0.485. The van der Waals surface area contributed by atoms with Crippen molar-refractivity contribution in [1.29, 1.82) is 0 Å². The Morgan fingerprint density at radius 3 is 2.06 bits per heavy atom. The van der Waals surface area contributed by atoms with Gasteiger partial charge in [0.05, 0.1) is 0 Å². The van der Waals surface area contributed by atoms with Crippen LogP contribution in [0.2, 0.25) is 0 Å². The lowest BCUT2D eigenvalue weighted by Crippen LogP contribution is -2.50. The summed E-state index contributed by atoms with van der Waals surface area (Å²) in [4.78, 5) is 4.11. The highest BCUT2D eigenvalue weighted by Gasteiger charge is 2.28. The zero-order valence-corrected chi connectivity index (χ0v) is 9.93. The number of hydrogen-bond acceptors (Lipinski definition) is 2. The molecule has 1 fully saturated rings. The lowest BCUT2D eigenvalue weighted by Gasteiger charge is -2.38.